The van der Waals surface area contributed by atoms with Gasteiger partial charge in [-0.1, -0.05) is 17.7 Å². The zero-order valence-electron chi connectivity index (χ0n) is 17.8. The average Bonchev–Trinajstić information content (AvgIpc) is 3.36. The molecule has 0 radical (unpaired) electrons. The molecule has 2 fully saturated rings. The topological polar surface area (TPSA) is 75.1 Å². The molecular weight excluding hydrogens is 431 g/mol. The van der Waals surface area contributed by atoms with E-state index in [9.17, 15) is 9.18 Å². The minimum Gasteiger partial charge on any atom is -0.340 e. The van der Waals surface area contributed by atoms with Crippen molar-refractivity contribution in [2.75, 3.05) is 31.1 Å². The fourth-order valence-corrected chi connectivity index (χ4v) is 4.76. The molecule has 3 aromatic rings. The number of aryl methyl sites for hydroxylation is 2. The summed E-state index contributed by atoms with van der Waals surface area (Å²) >= 11 is 6.21. The number of likely N-dealkylation sites (tertiary alicyclic amines) is 1. The first kappa shape index (κ1) is 20.8. The number of rotatable bonds is 3. The van der Waals surface area contributed by atoms with Crippen molar-refractivity contribution < 1.29 is 9.18 Å². The van der Waals surface area contributed by atoms with E-state index in [0.29, 0.717) is 41.5 Å². The van der Waals surface area contributed by atoms with Gasteiger partial charge in [0, 0.05) is 50.4 Å². The van der Waals surface area contributed by atoms with Gasteiger partial charge in [-0.3, -0.25) is 4.79 Å². The predicted molar refractivity (Wildman–Crippen MR) is 119 cm³/mol. The summed E-state index contributed by atoms with van der Waals surface area (Å²) in [4.78, 5) is 34.7. The van der Waals surface area contributed by atoms with Crippen molar-refractivity contribution >= 4 is 23.5 Å². The summed E-state index contributed by atoms with van der Waals surface area (Å²) in [5, 5.41) is 0.596. The molecule has 4 heterocycles. The third-order valence-electron chi connectivity index (χ3n) is 6.26. The van der Waals surface area contributed by atoms with E-state index in [0.717, 1.165) is 24.5 Å². The molecule has 7 nitrogen and oxygen atoms in total. The smallest absolute Gasteiger partial charge is 0.254 e. The number of nitrogens with zero attached hydrogens (tertiary/aromatic N) is 6. The van der Waals surface area contributed by atoms with Gasteiger partial charge in [-0.15, -0.1) is 0 Å². The number of benzene rings is 1. The minimum absolute atomic E-state index is 0.150. The highest BCUT2D eigenvalue weighted by Crippen LogP contribution is 2.35. The molecule has 2 saturated heterocycles. The largest absolute Gasteiger partial charge is 0.340 e. The molecule has 0 spiro atoms. The minimum atomic E-state index is -0.502. The number of anilines is 1. The van der Waals surface area contributed by atoms with Crippen LogP contribution in [0.2, 0.25) is 5.02 Å². The van der Waals surface area contributed by atoms with Gasteiger partial charge in [0.2, 0.25) is 5.95 Å². The summed E-state index contributed by atoms with van der Waals surface area (Å²) < 4.78 is 14.7. The summed E-state index contributed by atoms with van der Waals surface area (Å²) in [5.74, 6) is 0.823. The highest BCUT2D eigenvalue weighted by atomic mass is 35.5. The molecule has 2 unspecified atom stereocenters. The molecule has 0 bridgehead atoms. The molecule has 32 heavy (non-hydrogen) atoms. The Morgan fingerprint density at radius 3 is 2.25 bits per heavy atom. The van der Waals surface area contributed by atoms with Crippen LogP contribution < -0.4 is 4.90 Å². The Balaban J connectivity index is 1.34. The Hall–Kier alpha value is -3.13. The van der Waals surface area contributed by atoms with Gasteiger partial charge in [-0.2, -0.15) is 0 Å². The molecule has 0 saturated carbocycles. The van der Waals surface area contributed by atoms with Crippen molar-refractivity contribution in [2.24, 2.45) is 11.8 Å². The second-order valence-corrected chi connectivity index (χ2v) is 8.76. The Morgan fingerprint density at radius 2 is 1.62 bits per heavy atom. The maximum absolute atomic E-state index is 14.7. The van der Waals surface area contributed by atoms with E-state index >= 15 is 0 Å². The highest BCUT2D eigenvalue weighted by molar-refractivity contribution is 6.31. The predicted octanol–water partition coefficient (Wildman–Crippen LogP) is 3.55. The van der Waals surface area contributed by atoms with Crippen LogP contribution in [-0.4, -0.2) is 56.9 Å². The lowest BCUT2D eigenvalue weighted by Crippen LogP contribution is -2.34. The first-order valence-corrected chi connectivity index (χ1v) is 10.9. The number of hydrogen-bond acceptors (Lipinski definition) is 6. The van der Waals surface area contributed by atoms with Crippen molar-refractivity contribution in [3.63, 3.8) is 0 Å². The lowest BCUT2D eigenvalue weighted by molar-refractivity contribution is 0.0783. The van der Waals surface area contributed by atoms with Gasteiger partial charge >= 0.3 is 0 Å². The quantitative estimate of drug-likeness (QED) is 0.605. The molecule has 0 aliphatic carbocycles. The molecule has 2 aliphatic rings. The van der Waals surface area contributed by atoms with Crippen LogP contribution in [0.4, 0.5) is 10.3 Å². The monoisotopic (exact) mass is 452 g/mol. The van der Waals surface area contributed by atoms with Crippen LogP contribution in [0.15, 0.2) is 36.7 Å². The van der Waals surface area contributed by atoms with Crippen molar-refractivity contribution in [2.45, 2.75) is 13.8 Å². The van der Waals surface area contributed by atoms with Crippen molar-refractivity contribution in [3.8, 4) is 11.4 Å². The van der Waals surface area contributed by atoms with Crippen molar-refractivity contribution in [1.82, 2.24) is 24.8 Å². The van der Waals surface area contributed by atoms with Gasteiger partial charge in [0.25, 0.3) is 5.91 Å². The molecule has 164 valence electrons. The zero-order chi connectivity index (χ0) is 22.4. The molecule has 2 aliphatic heterocycles. The summed E-state index contributed by atoms with van der Waals surface area (Å²) in [6, 6.07) is 6.18. The van der Waals surface area contributed by atoms with Gasteiger partial charge in [-0.05, 0) is 32.0 Å². The zero-order valence-corrected chi connectivity index (χ0v) is 18.6. The van der Waals surface area contributed by atoms with E-state index in [1.165, 1.54) is 6.07 Å². The number of hydrogen-bond donors (Lipinski definition) is 0. The Kier molecular flexibility index (Phi) is 5.25. The molecule has 1 aromatic carbocycles. The molecular formula is C23H22ClFN6O. The van der Waals surface area contributed by atoms with E-state index in [1.807, 2.05) is 18.7 Å². The Labute approximate surface area is 190 Å². The van der Waals surface area contributed by atoms with Gasteiger partial charge in [0.1, 0.15) is 5.82 Å². The number of aromatic nitrogens is 4. The molecule has 1 amide bonds. The highest BCUT2D eigenvalue weighted by Gasteiger charge is 2.43. The fraction of sp³-hybridized carbons (Fsp3) is 0.348. The van der Waals surface area contributed by atoms with Crippen LogP contribution in [0.5, 0.6) is 0 Å². The van der Waals surface area contributed by atoms with Crippen molar-refractivity contribution in [1.29, 1.82) is 0 Å². The number of fused-ring (bicyclic) bond motifs is 1. The molecule has 5 rings (SSSR count). The average molecular weight is 453 g/mol. The maximum atomic E-state index is 14.7. The van der Waals surface area contributed by atoms with Gasteiger partial charge in [-0.25, -0.2) is 24.3 Å². The number of carbonyl (C=O) groups excluding carboxylic acids is 1. The third-order valence-corrected chi connectivity index (χ3v) is 6.81. The first-order valence-electron chi connectivity index (χ1n) is 10.5. The van der Waals surface area contributed by atoms with Gasteiger partial charge in [0.15, 0.2) is 5.82 Å². The number of amides is 1. The van der Waals surface area contributed by atoms with Gasteiger partial charge in [0.05, 0.1) is 27.5 Å². The first-order chi connectivity index (χ1) is 15.4. The summed E-state index contributed by atoms with van der Waals surface area (Å²) in [6.45, 7) is 6.52. The third kappa shape index (κ3) is 3.58. The van der Waals surface area contributed by atoms with Gasteiger partial charge < -0.3 is 9.80 Å². The number of halogens is 2. The summed E-state index contributed by atoms with van der Waals surface area (Å²) in [7, 11) is 0. The van der Waals surface area contributed by atoms with Crippen molar-refractivity contribution in [3.05, 3.63) is 64.5 Å². The van der Waals surface area contributed by atoms with E-state index in [1.54, 1.807) is 30.6 Å². The van der Waals surface area contributed by atoms with E-state index in [-0.39, 0.29) is 17.3 Å². The lowest BCUT2D eigenvalue weighted by Gasteiger charge is -2.23. The van der Waals surface area contributed by atoms with Crippen LogP contribution in [0, 0.1) is 31.5 Å². The molecule has 2 atom stereocenters. The van der Waals surface area contributed by atoms with E-state index in [2.05, 4.69) is 24.8 Å². The fourth-order valence-electron chi connectivity index (χ4n) is 4.68. The van der Waals surface area contributed by atoms with Crippen LogP contribution in [0.3, 0.4) is 0 Å². The maximum Gasteiger partial charge on any atom is 0.254 e. The normalized spacial score (nSPS) is 20.0. The van der Waals surface area contributed by atoms with E-state index in [4.69, 9.17) is 11.6 Å². The van der Waals surface area contributed by atoms with Crippen LogP contribution >= 0.6 is 11.6 Å². The number of carbonyl (C=O) groups is 1. The molecule has 2 aromatic heterocycles. The van der Waals surface area contributed by atoms with Crippen LogP contribution in [-0.2, 0) is 0 Å². The standard InChI is InChI=1S/C23H22ClFN6O/c1-13-20(24)14(2)29-23(28-13)31-11-15-9-30(10-16(15)12-31)22(32)17-5-3-6-18(25)19(17)21-26-7-4-8-27-21/h3-8,15-16H,9-12H2,1-2H3. The second-order valence-electron chi connectivity index (χ2n) is 8.38. The Morgan fingerprint density at radius 1 is 1.00 bits per heavy atom. The molecule has 0 N–H and O–H groups in total. The van der Waals surface area contributed by atoms with Crippen LogP contribution in [0.1, 0.15) is 21.7 Å². The second kappa shape index (κ2) is 8.09. The summed E-state index contributed by atoms with van der Waals surface area (Å²) in [6.07, 6.45) is 3.08. The molecule has 9 heteroatoms. The summed E-state index contributed by atoms with van der Waals surface area (Å²) in [5.41, 5.74) is 1.98. The van der Waals surface area contributed by atoms with E-state index < -0.39 is 5.82 Å². The van der Waals surface area contributed by atoms with Crippen LogP contribution in [0.25, 0.3) is 11.4 Å². The lowest BCUT2D eigenvalue weighted by atomic mass is 10.0. The Bertz CT molecular complexity index is 1150. The SMILES string of the molecule is Cc1nc(N2CC3CN(C(=O)c4cccc(F)c4-c4ncccn4)CC3C2)nc(C)c1Cl.